The maximum Gasteiger partial charge on any atom is 0.312 e. The number of ether oxygens (including phenoxy) is 1. The number of benzene rings is 1. The monoisotopic (exact) mass is 358 g/mol. The van der Waals surface area contributed by atoms with Gasteiger partial charge in [0.2, 0.25) is 0 Å². The number of hydrogen-bond acceptors (Lipinski definition) is 6. The van der Waals surface area contributed by atoms with E-state index in [1.807, 2.05) is 0 Å². The molecule has 0 aliphatic rings. The van der Waals surface area contributed by atoms with Gasteiger partial charge in [0.15, 0.2) is 5.82 Å². The molecule has 3 rings (SSSR count). The Bertz CT molecular complexity index is 952. The summed E-state index contributed by atoms with van der Waals surface area (Å²) in [7, 11) is 0. The Hall–Kier alpha value is -2.93. The summed E-state index contributed by atoms with van der Waals surface area (Å²) in [6.45, 7) is 2.03. The summed E-state index contributed by atoms with van der Waals surface area (Å²) in [5.74, 6) is 0.0732. The van der Waals surface area contributed by atoms with Crippen molar-refractivity contribution in [2.45, 2.75) is 13.3 Å². The molecule has 0 saturated heterocycles. The molecule has 128 valence electrons. The van der Waals surface area contributed by atoms with Gasteiger partial charge in [0.1, 0.15) is 11.4 Å². The molecule has 1 N–H and O–H groups in total. The number of carbonyl (C=O) groups excluding carboxylic acids is 1. The summed E-state index contributed by atoms with van der Waals surface area (Å²) in [4.78, 5) is 16.2. The van der Waals surface area contributed by atoms with Crippen molar-refractivity contribution in [3.05, 3.63) is 53.3 Å². The molecule has 25 heavy (non-hydrogen) atoms. The average Bonchev–Trinajstić information content (AvgIpc) is 2.89. The topological polar surface area (TPSA) is 88.5 Å². The van der Waals surface area contributed by atoms with E-state index in [1.165, 1.54) is 6.07 Å². The zero-order chi connectivity index (χ0) is 17.8. The molecule has 0 fully saturated rings. The Morgan fingerprint density at radius 1 is 1.32 bits per heavy atom. The number of fused-ring (bicyclic) bond motifs is 1. The van der Waals surface area contributed by atoms with Crippen LogP contribution in [0.3, 0.4) is 0 Å². The molecule has 1 aromatic carbocycles. The first kappa shape index (κ1) is 16.9. The molecular weight excluding hydrogens is 344 g/mol. The smallest absolute Gasteiger partial charge is 0.312 e. The van der Waals surface area contributed by atoms with Crippen molar-refractivity contribution in [3.63, 3.8) is 0 Å². The number of pyridine rings is 1. The van der Waals surface area contributed by atoms with Gasteiger partial charge in [-0.15, -0.1) is 10.2 Å². The lowest BCUT2D eigenvalue weighted by molar-refractivity contribution is -0.142. The highest BCUT2D eigenvalue weighted by atomic mass is 35.5. The molecule has 0 unspecified atom stereocenters. The lowest BCUT2D eigenvalue weighted by atomic mass is 10.3. The maximum atomic E-state index is 11.8. The number of aromatic nitrogens is 2. The van der Waals surface area contributed by atoms with E-state index in [0.29, 0.717) is 27.9 Å². The van der Waals surface area contributed by atoms with Gasteiger partial charge in [-0.1, -0.05) is 17.7 Å². The second-order valence-electron chi connectivity index (χ2n) is 5.16. The highest BCUT2D eigenvalue weighted by molar-refractivity contribution is 6.30. The summed E-state index contributed by atoms with van der Waals surface area (Å²) in [5, 5.41) is 18.3. The predicted molar refractivity (Wildman–Crippen MR) is 92.8 cm³/mol. The molecule has 0 bridgehead atoms. The Kier molecular flexibility index (Phi) is 4.95. The molecule has 2 heterocycles. The third kappa shape index (κ3) is 3.95. The van der Waals surface area contributed by atoms with E-state index in [-0.39, 0.29) is 18.8 Å². The number of azo groups is 1. The van der Waals surface area contributed by atoms with E-state index < -0.39 is 5.97 Å². The molecule has 3 aromatic rings. The first-order chi connectivity index (χ1) is 12.1. The van der Waals surface area contributed by atoms with Crippen LogP contribution in [0, 0.1) is 0 Å². The Morgan fingerprint density at radius 3 is 2.92 bits per heavy atom. The molecule has 7 nitrogen and oxygen atoms in total. The van der Waals surface area contributed by atoms with Crippen molar-refractivity contribution < 1.29 is 14.6 Å². The summed E-state index contributed by atoms with van der Waals surface area (Å²) in [6.07, 6.45) is 1.62. The third-order valence-corrected chi connectivity index (χ3v) is 3.56. The van der Waals surface area contributed by atoms with Crippen molar-refractivity contribution in [3.8, 4) is 5.75 Å². The molecule has 0 radical (unpaired) electrons. The fraction of sp³-hybridized carbons (Fsp3) is 0.176. The van der Waals surface area contributed by atoms with Crippen LogP contribution in [0.1, 0.15) is 12.6 Å². The summed E-state index contributed by atoms with van der Waals surface area (Å²) in [6, 6.07) is 9.81. The minimum Gasteiger partial charge on any atom is -0.508 e. The van der Waals surface area contributed by atoms with Crippen molar-refractivity contribution in [2.75, 3.05) is 6.61 Å². The quantitative estimate of drug-likeness (QED) is 0.546. The van der Waals surface area contributed by atoms with Crippen LogP contribution in [-0.2, 0) is 16.0 Å². The van der Waals surface area contributed by atoms with Crippen molar-refractivity contribution in [1.82, 2.24) is 9.38 Å². The van der Waals surface area contributed by atoms with Gasteiger partial charge in [-0.05, 0) is 31.2 Å². The number of aromatic hydroxyl groups is 1. The van der Waals surface area contributed by atoms with E-state index >= 15 is 0 Å². The van der Waals surface area contributed by atoms with Gasteiger partial charge in [-0.3, -0.25) is 9.20 Å². The lowest BCUT2D eigenvalue weighted by Gasteiger charge is -2.01. The van der Waals surface area contributed by atoms with Gasteiger partial charge in [0.05, 0.1) is 29.4 Å². The summed E-state index contributed by atoms with van der Waals surface area (Å²) < 4.78 is 6.64. The molecule has 8 heteroatoms. The normalized spacial score (nSPS) is 11.3. The van der Waals surface area contributed by atoms with Crippen LogP contribution in [0.4, 0.5) is 11.5 Å². The summed E-state index contributed by atoms with van der Waals surface area (Å²) in [5.41, 5.74) is 1.50. The predicted octanol–water partition coefficient (Wildman–Crippen LogP) is 4.21. The summed E-state index contributed by atoms with van der Waals surface area (Å²) >= 11 is 6.05. The van der Waals surface area contributed by atoms with Gasteiger partial charge >= 0.3 is 5.97 Å². The van der Waals surface area contributed by atoms with Crippen molar-refractivity contribution in [1.29, 1.82) is 0 Å². The number of phenols is 1. The van der Waals surface area contributed by atoms with Crippen LogP contribution in [-0.4, -0.2) is 27.1 Å². The number of halogens is 1. The second kappa shape index (κ2) is 7.31. The van der Waals surface area contributed by atoms with Gasteiger partial charge in [-0.2, -0.15) is 0 Å². The fourth-order valence-corrected chi connectivity index (χ4v) is 2.45. The van der Waals surface area contributed by atoms with Crippen LogP contribution in [0.15, 0.2) is 52.8 Å². The van der Waals surface area contributed by atoms with E-state index in [9.17, 15) is 9.90 Å². The van der Waals surface area contributed by atoms with Crippen molar-refractivity contribution >= 4 is 34.7 Å². The number of rotatable bonds is 5. The molecule has 2 aromatic heterocycles. The molecule has 0 aliphatic heterocycles. The van der Waals surface area contributed by atoms with Crippen LogP contribution in [0.25, 0.3) is 5.65 Å². The second-order valence-corrected chi connectivity index (χ2v) is 5.60. The molecule has 0 spiro atoms. The van der Waals surface area contributed by atoms with E-state index in [1.54, 1.807) is 47.9 Å². The number of nitrogens with zero attached hydrogens (tertiary/aromatic N) is 4. The van der Waals surface area contributed by atoms with Crippen LogP contribution in [0.2, 0.25) is 5.02 Å². The third-order valence-electron chi connectivity index (χ3n) is 3.33. The van der Waals surface area contributed by atoms with Gasteiger partial charge in [-0.25, -0.2) is 4.98 Å². The van der Waals surface area contributed by atoms with E-state index in [2.05, 4.69) is 15.2 Å². The maximum absolute atomic E-state index is 11.8. The Morgan fingerprint density at radius 2 is 2.16 bits per heavy atom. The minimum atomic E-state index is -0.397. The van der Waals surface area contributed by atoms with Crippen LogP contribution in [0.5, 0.6) is 5.75 Å². The number of esters is 1. The first-order valence-electron chi connectivity index (χ1n) is 7.59. The zero-order valence-corrected chi connectivity index (χ0v) is 14.1. The molecular formula is C17H15ClN4O3. The lowest BCUT2D eigenvalue weighted by Crippen LogP contribution is -2.07. The molecule has 0 aliphatic carbocycles. The largest absolute Gasteiger partial charge is 0.508 e. The minimum absolute atomic E-state index is 0.0263. The Balaban J connectivity index is 2.03. The molecule has 0 saturated carbocycles. The SMILES string of the molecule is CCOC(=O)Cc1nc2ccc(Cl)cn2c1N=Nc1cccc(O)c1. The van der Waals surface area contributed by atoms with E-state index in [4.69, 9.17) is 16.3 Å². The van der Waals surface area contributed by atoms with Gasteiger partial charge in [0, 0.05) is 12.3 Å². The highest BCUT2D eigenvalue weighted by Crippen LogP contribution is 2.27. The number of imidazole rings is 1. The standard InChI is InChI=1S/C17H15ClN4O3/c1-2-25-16(24)9-14-17(21-20-12-4-3-5-13(23)8-12)22-10-11(18)6-7-15(22)19-14/h3-8,10,23H,2,9H2,1H3. The fourth-order valence-electron chi connectivity index (χ4n) is 2.29. The van der Waals surface area contributed by atoms with Gasteiger partial charge < -0.3 is 9.84 Å². The zero-order valence-electron chi connectivity index (χ0n) is 13.4. The number of phenolic OH excluding ortho intramolecular Hbond substituents is 1. The molecule has 0 amide bonds. The van der Waals surface area contributed by atoms with E-state index in [0.717, 1.165) is 0 Å². The number of hydrogen-bond donors (Lipinski definition) is 1. The van der Waals surface area contributed by atoms with Crippen LogP contribution >= 0.6 is 11.6 Å². The molecule has 0 atom stereocenters. The van der Waals surface area contributed by atoms with Gasteiger partial charge in [0.25, 0.3) is 0 Å². The van der Waals surface area contributed by atoms with Crippen LogP contribution < -0.4 is 0 Å². The number of carbonyl (C=O) groups is 1. The average molecular weight is 359 g/mol. The highest BCUT2D eigenvalue weighted by Gasteiger charge is 2.16. The van der Waals surface area contributed by atoms with Crippen molar-refractivity contribution in [2.24, 2.45) is 10.2 Å². The first-order valence-corrected chi connectivity index (χ1v) is 7.97. The Labute approximate surface area is 148 Å².